The van der Waals surface area contributed by atoms with Crippen molar-refractivity contribution in [3.8, 4) is 6.07 Å². The smallest absolute Gasteiger partial charge is 0.227 e. The Hall–Kier alpha value is -1.91. The Balaban J connectivity index is 1.76. The first-order chi connectivity index (χ1) is 11.4. The third-order valence-electron chi connectivity index (χ3n) is 4.89. The summed E-state index contributed by atoms with van der Waals surface area (Å²) in [7, 11) is -3.21. The summed E-state index contributed by atoms with van der Waals surface area (Å²) in [5, 5.41) is 8.87. The monoisotopic (exact) mass is 347 g/mol. The van der Waals surface area contributed by atoms with E-state index in [1.807, 2.05) is 6.92 Å². The maximum Gasteiger partial charge on any atom is 0.227 e. The van der Waals surface area contributed by atoms with E-state index in [9.17, 15) is 13.2 Å². The third-order valence-corrected chi connectivity index (χ3v) is 6.91. The van der Waals surface area contributed by atoms with Crippen LogP contribution in [-0.4, -0.2) is 44.0 Å². The molecule has 2 heterocycles. The molecule has 7 heteroatoms. The second-order valence-corrected chi connectivity index (χ2v) is 8.80. The van der Waals surface area contributed by atoms with Crippen LogP contribution in [0.25, 0.3) is 0 Å². The summed E-state index contributed by atoms with van der Waals surface area (Å²) in [6, 6.07) is 9.00. The van der Waals surface area contributed by atoms with Crippen LogP contribution in [0, 0.1) is 16.7 Å². The van der Waals surface area contributed by atoms with Gasteiger partial charge in [0, 0.05) is 37.2 Å². The van der Waals surface area contributed by atoms with E-state index < -0.39 is 10.0 Å². The molecule has 3 rings (SSSR count). The number of hydrogen-bond donors (Lipinski definition) is 0. The molecule has 1 atom stereocenters. The summed E-state index contributed by atoms with van der Waals surface area (Å²) in [5.41, 5.74) is 1.04. The standard InChI is InChI=1S/C17H21N3O3S/c1-2-9-24(22,23)19-8-7-17(12-19)10-16(21)20(13-17)15-5-3-14(11-18)4-6-15/h3-6H,2,7-10,12-13H2,1H3. The summed E-state index contributed by atoms with van der Waals surface area (Å²) >= 11 is 0. The van der Waals surface area contributed by atoms with Crippen LogP contribution in [0.3, 0.4) is 0 Å². The van der Waals surface area contributed by atoms with Crippen molar-refractivity contribution < 1.29 is 13.2 Å². The Morgan fingerprint density at radius 2 is 1.96 bits per heavy atom. The predicted molar refractivity (Wildman–Crippen MR) is 90.8 cm³/mol. The molecule has 2 saturated heterocycles. The molecule has 0 aliphatic carbocycles. The van der Waals surface area contributed by atoms with E-state index in [-0.39, 0.29) is 17.1 Å². The van der Waals surface area contributed by atoms with Crippen molar-refractivity contribution in [2.24, 2.45) is 5.41 Å². The molecular weight excluding hydrogens is 326 g/mol. The van der Waals surface area contributed by atoms with Crippen LogP contribution in [0.1, 0.15) is 31.7 Å². The zero-order valence-corrected chi connectivity index (χ0v) is 14.6. The van der Waals surface area contributed by atoms with Crippen LogP contribution in [0.4, 0.5) is 5.69 Å². The Morgan fingerprint density at radius 3 is 2.58 bits per heavy atom. The number of carbonyl (C=O) groups excluding carboxylic acids is 1. The summed E-state index contributed by atoms with van der Waals surface area (Å²) in [6.07, 6.45) is 1.70. The number of benzene rings is 1. The Labute approximate surface area is 142 Å². The summed E-state index contributed by atoms with van der Waals surface area (Å²) in [4.78, 5) is 14.2. The van der Waals surface area contributed by atoms with Crippen molar-refractivity contribution >= 4 is 21.6 Å². The van der Waals surface area contributed by atoms with Gasteiger partial charge in [-0.3, -0.25) is 4.79 Å². The molecule has 128 valence electrons. The molecular formula is C17H21N3O3S. The Bertz CT molecular complexity index is 782. The number of anilines is 1. The van der Waals surface area contributed by atoms with Gasteiger partial charge in [-0.1, -0.05) is 6.92 Å². The lowest BCUT2D eigenvalue weighted by Gasteiger charge is -2.24. The van der Waals surface area contributed by atoms with Crippen molar-refractivity contribution in [1.82, 2.24) is 4.31 Å². The normalized spacial score (nSPS) is 24.7. The van der Waals surface area contributed by atoms with Crippen LogP contribution >= 0.6 is 0 Å². The number of carbonyl (C=O) groups is 1. The molecule has 0 saturated carbocycles. The Kier molecular flexibility index (Phi) is 4.37. The highest BCUT2D eigenvalue weighted by molar-refractivity contribution is 7.89. The van der Waals surface area contributed by atoms with Crippen LogP contribution in [-0.2, 0) is 14.8 Å². The molecule has 1 unspecified atom stereocenters. The van der Waals surface area contributed by atoms with Crippen molar-refractivity contribution in [3.63, 3.8) is 0 Å². The number of rotatable bonds is 4. The highest BCUT2D eigenvalue weighted by Crippen LogP contribution is 2.42. The van der Waals surface area contributed by atoms with E-state index in [0.717, 1.165) is 5.69 Å². The first-order valence-corrected chi connectivity index (χ1v) is 9.78. The first-order valence-electron chi connectivity index (χ1n) is 8.17. The van der Waals surface area contributed by atoms with Crippen molar-refractivity contribution in [3.05, 3.63) is 29.8 Å². The lowest BCUT2D eigenvalue weighted by molar-refractivity contribution is -0.117. The molecule has 1 amide bonds. The maximum absolute atomic E-state index is 12.5. The zero-order chi connectivity index (χ0) is 17.4. The fourth-order valence-corrected chi connectivity index (χ4v) is 5.25. The minimum Gasteiger partial charge on any atom is -0.312 e. The van der Waals surface area contributed by atoms with E-state index in [2.05, 4.69) is 6.07 Å². The number of amides is 1. The molecule has 1 spiro atoms. The Morgan fingerprint density at radius 1 is 1.25 bits per heavy atom. The molecule has 0 bridgehead atoms. The van der Waals surface area contributed by atoms with Crippen molar-refractivity contribution in [2.45, 2.75) is 26.2 Å². The molecule has 2 aliphatic heterocycles. The number of nitriles is 1. The van der Waals surface area contributed by atoms with Gasteiger partial charge in [-0.15, -0.1) is 0 Å². The summed E-state index contributed by atoms with van der Waals surface area (Å²) in [5.74, 6) is 0.186. The zero-order valence-electron chi connectivity index (χ0n) is 13.7. The molecule has 1 aromatic rings. The highest BCUT2D eigenvalue weighted by atomic mass is 32.2. The van der Waals surface area contributed by atoms with E-state index in [1.54, 1.807) is 33.5 Å². The molecule has 24 heavy (non-hydrogen) atoms. The molecule has 0 N–H and O–H groups in total. The quantitative estimate of drug-likeness (QED) is 0.830. The van der Waals surface area contributed by atoms with Crippen LogP contribution < -0.4 is 4.90 Å². The first kappa shape index (κ1) is 16.9. The second-order valence-electron chi connectivity index (χ2n) is 6.71. The summed E-state index contributed by atoms with van der Waals surface area (Å²) in [6.45, 7) is 3.32. The molecule has 1 aromatic carbocycles. The van der Waals surface area contributed by atoms with Gasteiger partial charge in [-0.25, -0.2) is 12.7 Å². The number of nitrogens with zero attached hydrogens (tertiary/aromatic N) is 3. The van der Waals surface area contributed by atoms with E-state index in [4.69, 9.17) is 5.26 Å². The molecule has 2 aliphatic rings. The predicted octanol–water partition coefficient (Wildman–Crippen LogP) is 1.73. The average molecular weight is 347 g/mol. The van der Waals surface area contributed by atoms with Gasteiger partial charge in [0.25, 0.3) is 0 Å². The fraction of sp³-hybridized carbons (Fsp3) is 0.529. The molecule has 0 aromatic heterocycles. The van der Waals surface area contributed by atoms with E-state index >= 15 is 0 Å². The van der Waals surface area contributed by atoms with Gasteiger partial charge in [-0.2, -0.15) is 5.26 Å². The average Bonchev–Trinajstić information content (AvgIpc) is 3.12. The van der Waals surface area contributed by atoms with Crippen LogP contribution in [0.5, 0.6) is 0 Å². The van der Waals surface area contributed by atoms with Crippen LogP contribution in [0.15, 0.2) is 24.3 Å². The topological polar surface area (TPSA) is 81.5 Å². The minimum absolute atomic E-state index is 0.0226. The van der Waals surface area contributed by atoms with Crippen molar-refractivity contribution in [2.75, 3.05) is 30.3 Å². The third kappa shape index (κ3) is 3.04. The van der Waals surface area contributed by atoms with Gasteiger partial charge < -0.3 is 4.90 Å². The van der Waals surface area contributed by atoms with Gasteiger partial charge in [0.1, 0.15) is 0 Å². The molecule has 6 nitrogen and oxygen atoms in total. The van der Waals surface area contributed by atoms with Gasteiger partial charge in [0.15, 0.2) is 0 Å². The second kappa shape index (κ2) is 6.19. The fourth-order valence-electron chi connectivity index (χ4n) is 3.64. The van der Waals surface area contributed by atoms with Gasteiger partial charge in [0.05, 0.1) is 17.4 Å². The molecule has 0 radical (unpaired) electrons. The molecule has 2 fully saturated rings. The maximum atomic E-state index is 12.5. The van der Waals surface area contributed by atoms with E-state index in [1.165, 1.54) is 0 Å². The largest absolute Gasteiger partial charge is 0.312 e. The van der Waals surface area contributed by atoms with Crippen LogP contribution in [0.2, 0.25) is 0 Å². The van der Waals surface area contributed by atoms with Gasteiger partial charge >= 0.3 is 0 Å². The lowest BCUT2D eigenvalue weighted by atomic mass is 9.86. The number of sulfonamides is 1. The van der Waals surface area contributed by atoms with Crippen molar-refractivity contribution in [1.29, 1.82) is 5.26 Å². The van der Waals surface area contributed by atoms with Gasteiger partial charge in [-0.05, 0) is 37.1 Å². The van der Waals surface area contributed by atoms with E-state index in [0.29, 0.717) is 44.5 Å². The lowest BCUT2D eigenvalue weighted by Crippen LogP contribution is -2.35. The minimum atomic E-state index is -3.21. The number of hydrogen-bond acceptors (Lipinski definition) is 4. The highest BCUT2D eigenvalue weighted by Gasteiger charge is 2.49. The summed E-state index contributed by atoms with van der Waals surface area (Å²) < 4.78 is 26.1. The SMILES string of the molecule is CCCS(=O)(=O)N1CCC2(CC(=O)N(c3ccc(C#N)cc3)C2)C1. The van der Waals surface area contributed by atoms with Gasteiger partial charge in [0.2, 0.25) is 15.9 Å².